The van der Waals surface area contributed by atoms with Crippen molar-refractivity contribution in [2.45, 2.75) is 123 Å². The van der Waals surface area contributed by atoms with Crippen LogP contribution in [0.3, 0.4) is 0 Å². The molecule has 0 aromatic heterocycles. The Morgan fingerprint density at radius 1 is 0.178 bits per heavy atom. The van der Waals surface area contributed by atoms with Crippen molar-refractivity contribution in [3.8, 4) is 0 Å². The van der Waals surface area contributed by atoms with E-state index in [0.717, 1.165) is 0 Å². The molecule has 0 aromatic carbocycles. The molecule has 20 atom stereocenters. The number of rotatable bonds is 38. The van der Waals surface area contributed by atoms with Crippen LogP contribution in [0.15, 0.2) is 0 Å². The van der Waals surface area contributed by atoms with Gasteiger partial charge in [-0.25, -0.2) is 58.6 Å². The lowest BCUT2D eigenvalue weighted by Crippen LogP contribution is -2.69. The summed E-state index contributed by atoms with van der Waals surface area (Å²) in [5, 5.41) is 0. The zero-order valence-electron chi connectivity index (χ0n) is 46.4. The zero-order valence-corrected chi connectivity index (χ0v) is 57.8. The highest BCUT2D eigenvalue weighted by atomic mass is 32.3. The molecule has 4 aliphatic rings. The van der Waals surface area contributed by atoms with E-state index >= 15 is 0 Å². The minimum Gasteiger partial charge on any atom is -0.341 e. The molecule has 4 saturated heterocycles. The average Bonchev–Trinajstić information content (AvgIpc) is 0.759. The first-order chi connectivity index (χ1) is 44.7. The van der Waals surface area contributed by atoms with E-state index in [1.165, 1.54) is 0 Å². The van der Waals surface area contributed by atoms with Gasteiger partial charge in [-0.3, -0.25) is 63.7 Å². The van der Waals surface area contributed by atoms with Crippen molar-refractivity contribution in [3.05, 3.63) is 0 Å². The molecule has 0 aromatic rings. The SMILES string of the molecule is O=S(=O)(O)OC[C@@H]1O[C@H](O[C@H]2[C@H](OS(=O)(=O)O)[C@H](OS(=O)(=O)O)[C@@H](O[C@H]3[C@H](OS(=O)(=O)O)[C@H](OS(=O)(=O)O)[C@@H](OS(=O)(=O)O)O[C@@H]3COS(=O)(=O)O)O[C@H]2COS(=O)(=O)O)[C@@H](OS(=O)(=O)O)[C@@H](OS(=O)(=O)O)[C@@H]1O[C@H]1O[C@@H](COS(=O)(=O)O)[C@@H](OS(=O)(=O)O)[C@H](OS(=O)(=O)O)[C@@H]1OS(=O)(=O)O. The van der Waals surface area contributed by atoms with Crippen LogP contribution in [-0.2, 0) is 237 Å². The van der Waals surface area contributed by atoms with Crippen LogP contribution in [0.4, 0.5) is 0 Å². The molecule has 0 amide bonds. The van der Waals surface area contributed by atoms with Gasteiger partial charge in [0.05, 0.1) is 26.4 Å². The molecular weight excluding hydrogens is 1750 g/mol. The van der Waals surface area contributed by atoms with Crippen LogP contribution in [0.25, 0.3) is 0 Å². The normalized spacial score (nSPS) is 32.5. The Morgan fingerprint density at radius 2 is 0.327 bits per heavy atom. The third-order valence-corrected chi connectivity index (χ3v) is 17.4. The van der Waals surface area contributed by atoms with Gasteiger partial charge in [-0.1, -0.05) is 0 Å². The van der Waals surface area contributed by atoms with E-state index in [2.05, 4.69) is 58.6 Å². The van der Waals surface area contributed by atoms with E-state index in [9.17, 15) is 182 Å². The molecule has 4 rings (SSSR count). The Kier molecular flexibility index (Phi) is 29.8. The smallest absolute Gasteiger partial charge is 0.341 e. The van der Waals surface area contributed by atoms with Gasteiger partial charge in [-0.15, -0.1) is 0 Å². The van der Waals surface area contributed by atoms with E-state index in [4.69, 9.17) is 33.2 Å². The van der Waals surface area contributed by atoms with E-state index in [0.29, 0.717) is 0 Å². The second-order valence-electron chi connectivity index (χ2n) is 18.2. The maximum Gasteiger partial charge on any atom is 0.399 e. The summed E-state index contributed by atoms with van der Waals surface area (Å²) in [4.78, 5) is 0. The summed E-state index contributed by atoms with van der Waals surface area (Å²) in [6.07, 6.45) is -74.0. The van der Waals surface area contributed by atoms with Crippen LogP contribution >= 0.6 is 0 Å². The molecule has 77 heteroatoms. The summed E-state index contributed by atoms with van der Waals surface area (Å²) < 4.78 is 573. The molecule has 0 bridgehead atoms. The van der Waals surface area contributed by atoms with Gasteiger partial charge in [0.2, 0.25) is 6.29 Å². The maximum absolute atomic E-state index is 12.8. The summed E-state index contributed by atoms with van der Waals surface area (Å²) in [5.74, 6) is 0. The van der Waals surface area contributed by atoms with E-state index in [1.807, 2.05) is 0 Å². The largest absolute Gasteiger partial charge is 0.399 e. The third-order valence-electron chi connectivity index (χ3n) is 11.1. The lowest BCUT2D eigenvalue weighted by Gasteiger charge is -2.50. The monoisotopic (exact) mass is 1790 g/mol. The van der Waals surface area contributed by atoms with E-state index in [1.54, 1.807) is 0 Å². The molecule has 4 fully saturated rings. The number of hydrogen-bond donors (Lipinski definition) is 14. The summed E-state index contributed by atoms with van der Waals surface area (Å²) in [7, 11) is -90.6. The molecule has 0 saturated carbocycles. The predicted octanol–water partition coefficient (Wildman–Crippen LogP) is -12.2. The van der Waals surface area contributed by atoms with Crippen LogP contribution in [0, 0.1) is 0 Å². The lowest BCUT2D eigenvalue weighted by atomic mass is 9.95. The molecule has 0 unspecified atom stereocenters. The van der Waals surface area contributed by atoms with Crippen molar-refractivity contribution in [2.24, 2.45) is 0 Å². The van der Waals surface area contributed by atoms with E-state index in [-0.39, 0.29) is 0 Å². The van der Waals surface area contributed by atoms with Crippen LogP contribution in [0.5, 0.6) is 0 Å². The fourth-order valence-corrected chi connectivity index (χ4v) is 14.4. The Morgan fingerprint density at radius 3 is 0.515 bits per heavy atom. The number of ether oxygens (including phenoxy) is 7. The lowest BCUT2D eigenvalue weighted by molar-refractivity contribution is -0.377. The van der Waals surface area contributed by atoms with Crippen molar-refractivity contribution >= 4 is 146 Å². The molecule has 0 radical (unpaired) electrons. The van der Waals surface area contributed by atoms with E-state index < -0.39 is 295 Å². The van der Waals surface area contributed by atoms with Gasteiger partial charge in [-0.2, -0.15) is 118 Å². The molecule has 0 spiro atoms. The Balaban J connectivity index is 2.20. The summed E-state index contributed by atoms with van der Waals surface area (Å²) in [6, 6.07) is 0. The Hall–Kier alpha value is -2.10. The fourth-order valence-electron chi connectivity index (χ4n) is 8.38. The zero-order chi connectivity index (χ0) is 78.2. The highest BCUT2D eigenvalue weighted by Crippen LogP contribution is 2.42. The highest BCUT2D eigenvalue weighted by Gasteiger charge is 2.63. The molecule has 4 aliphatic heterocycles. The minimum atomic E-state index is -6.82. The minimum absolute atomic E-state index is 2.21. The average molecular weight is 1790 g/mol. The van der Waals surface area contributed by atoms with Gasteiger partial charge in [-0.05, 0) is 0 Å². The Bertz CT molecular complexity index is 4610. The molecular formula is C24H42O63S14. The first kappa shape index (κ1) is 91.3. The Labute approximate surface area is 564 Å². The second-order valence-corrected chi connectivity index (χ2v) is 33.1. The molecule has 0 aliphatic carbocycles. The summed E-state index contributed by atoms with van der Waals surface area (Å²) in [6.45, 7) is -9.34. The topological polar surface area (TPSA) is 955 Å². The van der Waals surface area contributed by atoms with Gasteiger partial charge < -0.3 is 33.2 Å². The highest BCUT2D eigenvalue weighted by molar-refractivity contribution is 7.84. The third kappa shape index (κ3) is 33.5. The summed E-state index contributed by atoms with van der Waals surface area (Å²) >= 11 is 0. The van der Waals surface area contributed by atoms with Gasteiger partial charge in [0.25, 0.3) is 0 Å². The molecule has 63 nitrogen and oxygen atoms in total. The molecule has 4 heterocycles. The standard InChI is InChI=1S/C24H42O63S14/c25-88(26,27)67-1-5-9(13(79-93(40,41)42)18(84-98(55,56)57)22(72-5)77-11-7(3-69-90(31,32)33)74-24(87-101(64,65)66)20(86-100(61,62)63)15(11)81-95(46,47)48)75-21-17(83-97(52,53)54)14(80-94(43,44)45)10(6(71-21)2-68-89(28,29)30)76-23-19(85-99(58,59)60)16(82-96(49,50)51)12(78-92(37,38)39)8(73-23)4-70-91(34,35)36/h5-24H,1-4H2,(H,25,26,27)(H,28,29,30)(H,31,32,33)(H,34,35,36)(H,37,38,39)(H,40,41,42)(H,43,44,45)(H,46,47,48)(H,49,50,51)(H,52,53,54)(H,55,56,57)(H,58,59,60)(H,61,62,63)(H,64,65,66)/t5-,6-,7+,8-,9+,10+,11+,12+,13-,14-,15-,16-,17-,18-,19-,20-,21+,22+,23+,24+/m0/s1. The van der Waals surface area contributed by atoms with Crippen molar-refractivity contribution in [1.29, 1.82) is 0 Å². The van der Waals surface area contributed by atoms with Gasteiger partial charge >= 0.3 is 146 Å². The fraction of sp³-hybridized carbons (Fsp3) is 1.00. The van der Waals surface area contributed by atoms with Crippen LogP contribution in [0.1, 0.15) is 0 Å². The first-order valence-electron chi connectivity index (χ1n) is 23.3. The molecule has 101 heavy (non-hydrogen) atoms. The predicted molar refractivity (Wildman–Crippen MR) is 280 cm³/mol. The quantitative estimate of drug-likeness (QED) is 0.0255. The van der Waals surface area contributed by atoms with Gasteiger partial charge in [0.15, 0.2) is 43.3 Å². The van der Waals surface area contributed by atoms with Crippen molar-refractivity contribution in [2.75, 3.05) is 26.4 Å². The second kappa shape index (κ2) is 33.0. The first-order valence-corrected chi connectivity index (χ1v) is 42.4. The summed E-state index contributed by atoms with van der Waals surface area (Å²) in [5.41, 5.74) is 0. The van der Waals surface area contributed by atoms with Gasteiger partial charge in [0.1, 0.15) is 73.2 Å². The van der Waals surface area contributed by atoms with Crippen molar-refractivity contribution in [3.63, 3.8) is 0 Å². The van der Waals surface area contributed by atoms with Gasteiger partial charge in [0, 0.05) is 0 Å². The molecule has 600 valence electrons. The van der Waals surface area contributed by atoms with Crippen molar-refractivity contribution in [1.82, 2.24) is 0 Å². The van der Waals surface area contributed by atoms with Crippen LogP contribution in [0.2, 0.25) is 0 Å². The maximum atomic E-state index is 12.8. The van der Waals surface area contributed by atoms with Crippen LogP contribution in [-0.4, -0.2) is 331 Å². The van der Waals surface area contributed by atoms with Crippen LogP contribution < -0.4 is 0 Å². The molecule has 14 N–H and O–H groups in total. The van der Waals surface area contributed by atoms with Crippen molar-refractivity contribution < 1.29 is 273 Å². The number of hydrogen-bond acceptors (Lipinski definition) is 49.